The fraction of sp³-hybridized carbons (Fsp3) is 0.417. The summed E-state index contributed by atoms with van der Waals surface area (Å²) in [6, 6.07) is 7.66. The summed E-state index contributed by atoms with van der Waals surface area (Å²) in [5.41, 5.74) is 0.831. The van der Waals surface area contributed by atoms with Crippen LogP contribution in [-0.2, 0) is 9.36 Å². The number of rotatable bonds is 3. The molecule has 0 bridgehead atoms. The van der Waals surface area contributed by atoms with Crippen molar-refractivity contribution in [2.45, 2.75) is 23.7 Å². The standard InChI is InChI=1S/C12H16NO2PS/c1-3-16(15,4-2)12-11(14)13-9-7-5-6-8-10(9)17-12/h5-8,12H,3-4H2,1-2H3,(H,13,14). The van der Waals surface area contributed by atoms with Crippen LogP contribution in [-0.4, -0.2) is 23.2 Å². The molecule has 1 aromatic rings. The van der Waals surface area contributed by atoms with Crippen LogP contribution in [0.4, 0.5) is 5.69 Å². The number of hydrogen-bond acceptors (Lipinski definition) is 3. The fourth-order valence-electron chi connectivity index (χ4n) is 1.91. The van der Waals surface area contributed by atoms with Gasteiger partial charge < -0.3 is 9.88 Å². The van der Waals surface area contributed by atoms with E-state index >= 15 is 0 Å². The Hall–Kier alpha value is -0.730. The number of carbonyl (C=O) groups excluding carboxylic acids is 1. The third-order valence-corrected chi connectivity index (χ3v) is 8.85. The molecule has 1 heterocycles. The van der Waals surface area contributed by atoms with Gasteiger partial charge in [-0.2, -0.15) is 0 Å². The highest BCUT2D eigenvalue weighted by atomic mass is 32.2. The van der Waals surface area contributed by atoms with Gasteiger partial charge in [-0.25, -0.2) is 0 Å². The Morgan fingerprint density at radius 2 is 1.94 bits per heavy atom. The molecular weight excluding hydrogens is 253 g/mol. The highest BCUT2D eigenvalue weighted by molar-refractivity contribution is 8.07. The second-order valence-corrected chi connectivity index (χ2v) is 9.22. The monoisotopic (exact) mass is 269 g/mol. The van der Waals surface area contributed by atoms with E-state index < -0.39 is 12.1 Å². The van der Waals surface area contributed by atoms with Crippen molar-refractivity contribution < 1.29 is 9.36 Å². The predicted octanol–water partition coefficient (Wildman–Crippen LogP) is 3.46. The van der Waals surface area contributed by atoms with Crippen LogP contribution in [0.1, 0.15) is 13.8 Å². The van der Waals surface area contributed by atoms with Crippen LogP contribution in [0.5, 0.6) is 0 Å². The predicted molar refractivity (Wildman–Crippen MR) is 73.4 cm³/mol. The summed E-state index contributed by atoms with van der Waals surface area (Å²) < 4.78 is 12.6. The average Bonchev–Trinajstić information content (AvgIpc) is 2.37. The number of para-hydroxylation sites is 1. The van der Waals surface area contributed by atoms with Gasteiger partial charge in [-0.15, -0.1) is 11.8 Å². The maximum Gasteiger partial charge on any atom is 0.245 e. The molecule has 0 aromatic heterocycles. The lowest BCUT2D eigenvalue weighted by Crippen LogP contribution is -2.30. The first kappa shape index (κ1) is 12.7. The van der Waals surface area contributed by atoms with E-state index in [4.69, 9.17) is 0 Å². The molecule has 0 spiro atoms. The SMILES string of the molecule is CCP(=O)(CC)C1Sc2ccccc2NC1=O. The highest BCUT2D eigenvalue weighted by Crippen LogP contribution is 2.58. The molecule has 1 unspecified atom stereocenters. The molecule has 17 heavy (non-hydrogen) atoms. The van der Waals surface area contributed by atoms with Crippen molar-refractivity contribution in [1.29, 1.82) is 0 Å². The number of nitrogens with one attached hydrogen (secondary N) is 1. The normalized spacial score (nSPS) is 19.6. The summed E-state index contributed by atoms with van der Waals surface area (Å²) >= 11 is 1.45. The Labute approximate surface area is 106 Å². The van der Waals surface area contributed by atoms with Gasteiger partial charge >= 0.3 is 0 Å². The van der Waals surface area contributed by atoms with Crippen LogP contribution in [0.25, 0.3) is 0 Å². The van der Waals surface area contributed by atoms with Gasteiger partial charge in [0.15, 0.2) is 0 Å². The third kappa shape index (κ3) is 2.29. The Balaban J connectivity index is 2.35. The van der Waals surface area contributed by atoms with Crippen LogP contribution in [0.3, 0.4) is 0 Å². The van der Waals surface area contributed by atoms with Gasteiger partial charge in [-0.1, -0.05) is 26.0 Å². The lowest BCUT2D eigenvalue weighted by molar-refractivity contribution is -0.114. The van der Waals surface area contributed by atoms with Crippen molar-refractivity contribution in [2.75, 3.05) is 17.6 Å². The van der Waals surface area contributed by atoms with Gasteiger partial charge in [0.2, 0.25) is 5.91 Å². The second kappa shape index (κ2) is 4.87. The number of amides is 1. The molecule has 0 fully saturated rings. The van der Waals surface area contributed by atoms with Gasteiger partial charge in [0.05, 0.1) is 5.69 Å². The van der Waals surface area contributed by atoms with E-state index in [0.717, 1.165) is 10.6 Å². The van der Waals surface area contributed by atoms with E-state index in [2.05, 4.69) is 5.32 Å². The Morgan fingerprint density at radius 1 is 1.29 bits per heavy atom. The number of fused-ring (bicyclic) bond motifs is 1. The lowest BCUT2D eigenvalue weighted by Gasteiger charge is -2.29. The average molecular weight is 269 g/mol. The molecule has 0 saturated heterocycles. The summed E-state index contributed by atoms with van der Waals surface area (Å²) in [7, 11) is -2.42. The topological polar surface area (TPSA) is 46.2 Å². The lowest BCUT2D eigenvalue weighted by atomic mass is 10.3. The maximum absolute atomic E-state index is 12.6. The van der Waals surface area contributed by atoms with Crippen LogP contribution >= 0.6 is 18.9 Å². The Bertz CT molecular complexity index is 481. The van der Waals surface area contributed by atoms with Crippen molar-refractivity contribution in [2.24, 2.45) is 0 Å². The molecule has 1 N–H and O–H groups in total. The molecule has 3 nitrogen and oxygen atoms in total. The summed E-state index contributed by atoms with van der Waals surface area (Å²) in [5.74, 6) is -0.110. The van der Waals surface area contributed by atoms with E-state index in [1.54, 1.807) is 0 Å². The molecule has 1 aromatic carbocycles. The molecule has 1 amide bonds. The van der Waals surface area contributed by atoms with Crippen LogP contribution in [0.2, 0.25) is 0 Å². The van der Waals surface area contributed by atoms with Gasteiger partial charge in [0, 0.05) is 4.90 Å². The molecule has 1 aliphatic heterocycles. The van der Waals surface area contributed by atoms with Gasteiger partial charge in [-0.3, -0.25) is 4.79 Å². The fourth-order valence-corrected chi connectivity index (χ4v) is 6.32. The molecule has 0 saturated carbocycles. The van der Waals surface area contributed by atoms with Gasteiger partial charge in [-0.05, 0) is 24.5 Å². The molecule has 0 aliphatic carbocycles. The molecule has 5 heteroatoms. The first-order chi connectivity index (χ1) is 8.10. The first-order valence-electron chi connectivity index (χ1n) is 5.75. The molecular formula is C12H16NO2PS. The molecule has 2 rings (SSSR count). The quantitative estimate of drug-likeness (QED) is 0.855. The molecule has 0 radical (unpaired) electrons. The van der Waals surface area contributed by atoms with Crippen LogP contribution in [0, 0.1) is 0 Å². The number of hydrogen-bond donors (Lipinski definition) is 1. The summed E-state index contributed by atoms with van der Waals surface area (Å²) in [5, 5.41) is 2.85. The van der Waals surface area contributed by atoms with Crippen molar-refractivity contribution in [3.63, 3.8) is 0 Å². The van der Waals surface area contributed by atoms with E-state index in [1.165, 1.54) is 11.8 Å². The van der Waals surface area contributed by atoms with Gasteiger partial charge in [0.25, 0.3) is 0 Å². The third-order valence-electron chi connectivity index (χ3n) is 3.11. The van der Waals surface area contributed by atoms with E-state index in [1.807, 2.05) is 38.1 Å². The van der Waals surface area contributed by atoms with Crippen molar-refractivity contribution >= 4 is 30.5 Å². The minimum absolute atomic E-state index is 0.110. The van der Waals surface area contributed by atoms with Crippen molar-refractivity contribution in [1.82, 2.24) is 0 Å². The van der Waals surface area contributed by atoms with Crippen LogP contribution in [0.15, 0.2) is 29.2 Å². The van der Waals surface area contributed by atoms with E-state index in [9.17, 15) is 9.36 Å². The Morgan fingerprint density at radius 3 is 2.59 bits per heavy atom. The maximum atomic E-state index is 12.6. The highest BCUT2D eigenvalue weighted by Gasteiger charge is 2.39. The number of anilines is 1. The first-order valence-corrected chi connectivity index (χ1v) is 8.77. The summed E-state index contributed by atoms with van der Waals surface area (Å²) in [6.07, 6.45) is 1.16. The zero-order chi connectivity index (χ0) is 12.5. The van der Waals surface area contributed by atoms with E-state index in [-0.39, 0.29) is 5.91 Å². The smallest absolute Gasteiger partial charge is 0.245 e. The summed E-state index contributed by atoms with van der Waals surface area (Å²) in [6.45, 7) is 3.80. The van der Waals surface area contributed by atoms with Crippen molar-refractivity contribution in [3.8, 4) is 0 Å². The van der Waals surface area contributed by atoms with Crippen molar-refractivity contribution in [3.05, 3.63) is 24.3 Å². The number of carbonyl (C=O) groups is 1. The molecule has 1 atom stereocenters. The van der Waals surface area contributed by atoms with Crippen LogP contribution < -0.4 is 5.32 Å². The Kier molecular flexibility index (Phi) is 3.64. The molecule has 92 valence electrons. The zero-order valence-electron chi connectivity index (χ0n) is 9.97. The largest absolute Gasteiger partial charge is 0.324 e. The van der Waals surface area contributed by atoms with Gasteiger partial charge in [0.1, 0.15) is 12.1 Å². The van der Waals surface area contributed by atoms with E-state index in [0.29, 0.717) is 12.3 Å². The minimum Gasteiger partial charge on any atom is -0.324 e. The zero-order valence-corrected chi connectivity index (χ0v) is 11.7. The summed E-state index contributed by atoms with van der Waals surface area (Å²) in [4.78, 5) is 12.6. The number of thioether (sulfide) groups is 1. The second-order valence-electron chi connectivity index (χ2n) is 4.04. The minimum atomic E-state index is -2.42. The number of benzene rings is 1. The molecule has 1 aliphatic rings.